The lowest BCUT2D eigenvalue weighted by atomic mass is 10.1. The molecule has 0 bridgehead atoms. The van der Waals surface area contributed by atoms with Crippen molar-refractivity contribution in [1.82, 2.24) is 4.90 Å². The van der Waals surface area contributed by atoms with Gasteiger partial charge in [-0.2, -0.15) is 0 Å². The highest BCUT2D eigenvalue weighted by Gasteiger charge is 2.29. The number of carbonyl (C=O) groups is 2. The van der Waals surface area contributed by atoms with Crippen molar-refractivity contribution in [2.45, 2.75) is 12.5 Å². The van der Waals surface area contributed by atoms with Crippen molar-refractivity contribution < 1.29 is 19.1 Å². The summed E-state index contributed by atoms with van der Waals surface area (Å²) >= 11 is 0. The van der Waals surface area contributed by atoms with Crippen molar-refractivity contribution in [3.05, 3.63) is 59.7 Å². The fraction of sp³-hybridized carbons (Fsp3) is 0.222. The van der Waals surface area contributed by atoms with E-state index in [-0.39, 0.29) is 12.1 Å². The Kier molecular flexibility index (Phi) is 4.28. The highest BCUT2D eigenvalue weighted by atomic mass is 16.6. The Morgan fingerprint density at radius 2 is 1.74 bits per heavy atom. The van der Waals surface area contributed by atoms with E-state index in [0.29, 0.717) is 17.9 Å². The van der Waals surface area contributed by atoms with Crippen LogP contribution in [-0.4, -0.2) is 37.0 Å². The molecule has 1 saturated heterocycles. The van der Waals surface area contributed by atoms with Crippen LogP contribution in [0.4, 0.5) is 4.79 Å². The second-order valence-corrected chi connectivity index (χ2v) is 5.48. The average molecular weight is 311 g/mol. The number of amides is 1. The normalized spacial score (nSPS) is 17.0. The predicted octanol–water partition coefficient (Wildman–Crippen LogP) is 3.28. The zero-order chi connectivity index (χ0) is 16.2. The van der Waals surface area contributed by atoms with Gasteiger partial charge in [-0.05, 0) is 48.4 Å². The quantitative estimate of drug-likeness (QED) is 0.795. The number of ether oxygens (including phenoxy) is 2. The number of aldehydes is 1. The summed E-state index contributed by atoms with van der Waals surface area (Å²) in [4.78, 5) is 23.6. The van der Waals surface area contributed by atoms with Gasteiger partial charge in [-0.25, -0.2) is 4.79 Å². The van der Waals surface area contributed by atoms with Crippen LogP contribution in [0.15, 0.2) is 48.5 Å². The van der Waals surface area contributed by atoms with Crippen molar-refractivity contribution in [3.63, 3.8) is 0 Å². The maximum absolute atomic E-state index is 11.3. The summed E-state index contributed by atoms with van der Waals surface area (Å²) in [5, 5.41) is 0. The zero-order valence-electron chi connectivity index (χ0n) is 12.8. The molecule has 1 amide bonds. The van der Waals surface area contributed by atoms with Crippen molar-refractivity contribution in [3.8, 4) is 11.5 Å². The Morgan fingerprint density at radius 3 is 2.26 bits per heavy atom. The molecule has 23 heavy (non-hydrogen) atoms. The van der Waals surface area contributed by atoms with Crippen LogP contribution in [0.3, 0.4) is 0 Å². The molecule has 0 radical (unpaired) electrons. The first-order chi connectivity index (χ1) is 11.2. The van der Waals surface area contributed by atoms with Gasteiger partial charge in [0.1, 0.15) is 24.4 Å². The van der Waals surface area contributed by atoms with Crippen LogP contribution in [-0.2, 0) is 11.2 Å². The number of hydrogen-bond donors (Lipinski definition) is 0. The monoisotopic (exact) mass is 311 g/mol. The van der Waals surface area contributed by atoms with Crippen molar-refractivity contribution in [1.29, 1.82) is 0 Å². The summed E-state index contributed by atoms with van der Waals surface area (Å²) in [6.07, 6.45) is 1.28. The molecule has 5 heteroatoms. The molecule has 0 spiro atoms. The molecule has 1 fully saturated rings. The third kappa shape index (κ3) is 3.51. The summed E-state index contributed by atoms with van der Waals surface area (Å²) in [6, 6.07) is 14.7. The lowest BCUT2D eigenvalue weighted by molar-refractivity contribution is 0.112. The van der Waals surface area contributed by atoms with Crippen molar-refractivity contribution in [2.24, 2.45) is 0 Å². The summed E-state index contributed by atoms with van der Waals surface area (Å²) in [5.74, 6) is 1.40. The van der Waals surface area contributed by atoms with E-state index < -0.39 is 0 Å². The molecule has 0 N–H and O–H groups in total. The first-order valence-corrected chi connectivity index (χ1v) is 7.37. The maximum atomic E-state index is 11.3. The molecule has 0 aromatic heterocycles. The molecule has 3 rings (SSSR count). The molecular formula is C18H17NO4. The van der Waals surface area contributed by atoms with Crippen LogP contribution >= 0.6 is 0 Å². The largest absolute Gasteiger partial charge is 0.457 e. The molecule has 118 valence electrons. The fourth-order valence-corrected chi connectivity index (χ4v) is 2.44. The van der Waals surface area contributed by atoms with Crippen LogP contribution in [0.25, 0.3) is 0 Å². The van der Waals surface area contributed by atoms with Crippen LogP contribution in [0.5, 0.6) is 11.5 Å². The number of hydrogen-bond acceptors (Lipinski definition) is 4. The maximum Gasteiger partial charge on any atom is 0.409 e. The van der Waals surface area contributed by atoms with Gasteiger partial charge in [0.25, 0.3) is 0 Å². The minimum atomic E-state index is -0.270. The van der Waals surface area contributed by atoms with Crippen molar-refractivity contribution in [2.75, 3.05) is 13.7 Å². The predicted molar refractivity (Wildman–Crippen MR) is 84.9 cm³/mol. The summed E-state index contributed by atoms with van der Waals surface area (Å²) in [7, 11) is 1.75. The molecule has 0 saturated carbocycles. The van der Waals surface area contributed by atoms with Crippen molar-refractivity contribution >= 4 is 12.4 Å². The van der Waals surface area contributed by atoms with Gasteiger partial charge in [0.15, 0.2) is 0 Å². The molecule has 1 heterocycles. The Labute approximate surface area is 134 Å². The standard InChI is InChI=1S/C18H17NO4/c1-19-15(12-22-18(19)21)10-13-2-6-16(7-3-13)23-17-8-4-14(11-20)5-9-17/h2-9,11,15H,10,12H2,1H3. The molecular weight excluding hydrogens is 294 g/mol. The first kappa shape index (κ1) is 15.1. The number of cyclic esters (lactones) is 1. The Balaban J connectivity index is 1.62. The van der Waals surface area contributed by atoms with Gasteiger partial charge in [0.2, 0.25) is 0 Å². The van der Waals surface area contributed by atoms with Crippen LogP contribution in [0, 0.1) is 0 Å². The van der Waals surface area contributed by atoms with Gasteiger partial charge < -0.3 is 14.4 Å². The van der Waals surface area contributed by atoms with E-state index in [2.05, 4.69) is 0 Å². The van der Waals surface area contributed by atoms with E-state index >= 15 is 0 Å². The molecule has 0 aliphatic carbocycles. The first-order valence-electron chi connectivity index (χ1n) is 7.37. The molecule has 5 nitrogen and oxygen atoms in total. The van der Waals surface area contributed by atoms with E-state index in [1.54, 1.807) is 36.2 Å². The van der Waals surface area contributed by atoms with E-state index in [4.69, 9.17) is 9.47 Å². The van der Waals surface area contributed by atoms with Crippen LogP contribution < -0.4 is 4.74 Å². The Bertz CT molecular complexity index is 694. The van der Waals surface area contributed by atoms with Gasteiger partial charge in [0, 0.05) is 12.6 Å². The van der Waals surface area contributed by atoms with Gasteiger partial charge in [-0.3, -0.25) is 4.79 Å². The SMILES string of the molecule is CN1C(=O)OCC1Cc1ccc(Oc2ccc(C=O)cc2)cc1. The Morgan fingerprint density at radius 1 is 1.13 bits per heavy atom. The number of likely N-dealkylation sites (N-methyl/N-ethyl adjacent to an activating group) is 1. The van der Waals surface area contributed by atoms with Crippen LogP contribution in [0.1, 0.15) is 15.9 Å². The summed E-state index contributed by atoms with van der Waals surface area (Å²) < 4.78 is 10.7. The number of benzene rings is 2. The van der Waals surface area contributed by atoms with E-state index in [1.807, 2.05) is 24.3 Å². The summed E-state index contributed by atoms with van der Waals surface area (Å²) in [6.45, 7) is 0.427. The fourth-order valence-electron chi connectivity index (χ4n) is 2.44. The van der Waals surface area contributed by atoms with Gasteiger partial charge in [0.05, 0.1) is 6.04 Å². The van der Waals surface area contributed by atoms with Gasteiger partial charge in [-0.15, -0.1) is 0 Å². The number of rotatable bonds is 5. The second-order valence-electron chi connectivity index (χ2n) is 5.48. The highest BCUT2D eigenvalue weighted by Crippen LogP contribution is 2.23. The molecule has 2 aromatic carbocycles. The summed E-state index contributed by atoms with van der Waals surface area (Å²) in [5.41, 5.74) is 1.73. The minimum absolute atomic E-state index is 0.0742. The van der Waals surface area contributed by atoms with E-state index in [9.17, 15) is 9.59 Å². The molecule has 2 aromatic rings. The van der Waals surface area contributed by atoms with Crippen LogP contribution in [0.2, 0.25) is 0 Å². The second kappa shape index (κ2) is 6.52. The smallest absolute Gasteiger partial charge is 0.409 e. The minimum Gasteiger partial charge on any atom is -0.457 e. The van der Waals surface area contributed by atoms with E-state index in [1.165, 1.54) is 0 Å². The van der Waals surface area contributed by atoms with E-state index in [0.717, 1.165) is 24.0 Å². The third-order valence-corrected chi connectivity index (χ3v) is 3.88. The van der Waals surface area contributed by atoms with Gasteiger partial charge in [-0.1, -0.05) is 12.1 Å². The molecule has 1 aliphatic heterocycles. The third-order valence-electron chi connectivity index (χ3n) is 3.88. The zero-order valence-corrected chi connectivity index (χ0v) is 12.8. The molecule has 1 aliphatic rings. The van der Waals surface area contributed by atoms with Gasteiger partial charge >= 0.3 is 6.09 Å². The average Bonchev–Trinajstić information content (AvgIpc) is 2.89. The number of nitrogens with zero attached hydrogens (tertiary/aromatic N) is 1. The highest BCUT2D eigenvalue weighted by molar-refractivity contribution is 5.74. The Hall–Kier alpha value is -2.82. The lowest BCUT2D eigenvalue weighted by Crippen LogP contribution is -2.30. The number of carbonyl (C=O) groups excluding carboxylic acids is 2. The molecule has 1 unspecified atom stereocenters. The lowest BCUT2D eigenvalue weighted by Gasteiger charge is -2.16. The topological polar surface area (TPSA) is 55.8 Å². The molecule has 1 atom stereocenters.